The van der Waals surface area contributed by atoms with E-state index in [1.807, 2.05) is 0 Å². The minimum Gasteiger partial charge on any atom is -0.481 e. The maximum Gasteiger partial charge on any atom is 0.325 e. The Morgan fingerprint density at radius 2 is 1.58 bits per heavy atom. The molecule has 0 aliphatic rings. The summed E-state index contributed by atoms with van der Waals surface area (Å²) in [5.41, 5.74) is 5.36. The molecule has 11 nitrogen and oxygen atoms in total. The minimum absolute atomic E-state index is 0.287. The normalized spacial score (nSPS) is 15.1. The van der Waals surface area contributed by atoms with E-state index in [1.165, 1.54) is 6.92 Å². The molecule has 4 atom stereocenters. The molecule has 0 bridgehead atoms. The van der Waals surface area contributed by atoms with E-state index in [-0.39, 0.29) is 5.92 Å². The second-order valence-electron chi connectivity index (χ2n) is 5.92. The molecule has 11 heteroatoms. The van der Waals surface area contributed by atoms with Crippen molar-refractivity contribution in [1.29, 1.82) is 0 Å². The Balaban J connectivity index is 4.74. The Hall–Kier alpha value is -2.69. The summed E-state index contributed by atoms with van der Waals surface area (Å²) in [7, 11) is 0. The van der Waals surface area contributed by atoms with Gasteiger partial charge in [0.25, 0.3) is 0 Å². The van der Waals surface area contributed by atoms with Gasteiger partial charge in [-0.25, -0.2) is 0 Å². The third-order valence-electron chi connectivity index (χ3n) is 3.70. The van der Waals surface area contributed by atoms with Crippen LogP contribution in [-0.4, -0.2) is 64.5 Å². The molecule has 148 valence electrons. The van der Waals surface area contributed by atoms with Gasteiger partial charge in [0.15, 0.2) is 0 Å². The van der Waals surface area contributed by atoms with Crippen molar-refractivity contribution in [2.45, 2.75) is 51.7 Å². The highest BCUT2D eigenvalue weighted by Crippen LogP contribution is 2.08. The van der Waals surface area contributed by atoms with E-state index in [0.717, 1.165) is 0 Å². The summed E-state index contributed by atoms with van der Waals surface area (Å²) in [6.07, 6.45) is -0.0475. The van der Waals surface area contributed by atoms with Crippen LogP contribution in [0.1, 0.15) is 33.6 Å². The summed E-state index contributed by atoms with van der Waals surface area (Å²) in [4.78, 5) is 57.1. The lowest BCUT2D eigenvalue weighted by atomic mass is 9.98. The van der Waals surface area contributed by atoms with Gasteiger partial charge in [-0.1, -0.05) is 20.3 Å². The molecular formula is C15H26N4O7. The monoisotopic (exact) mass is 374 g/mol. The molecule has 0 aromatic carbocycles. The van der Waals surface area contributed by atoms with Crippen LogP contribution in [0.25, 0.3) is 0 Å². The zero-order valence-corrected chi connectivity index (χ0v) is 14.9. The van der Waals surface area contributed by atoms with Gasteiger partial charge >= 0.3 is 11.9 Å². The van der Waals surface area contributed by atoms with Crippen molar-refractivity contribution >= 4 is 29.7 Å². The number of carboxylic acids is 2. The molecule has 0 spiro atoms. The minimum atomic E-state index is -1.30. The summed E-state index contributed by atoms with van der Waals surface area (Å²) in [5.74, 6) is -4.91. The number of nitrogens with one attached hydrogen (secondary N) is 3. The van der Waals surface area contributed by atoms with Crippen molar-refractivity contribution in [3.63, 3.8) is 0 Å². The molecule has 0 rings (SSSR count). The van der Waals surface area contributed by atoms with Crippen molar-refractivity contribution in [3.05, 3.63) is 0 Å². The van der Waals surface area contributed by atoms with Crippen LogP contribution in [0.3, 0.4) is 0 Å². The lowest BCUT2D eigenvalue weighted by Gasteiger charge is -2.24. The molecule has 3 amide bonds. The number of carbonyl (C=O) groups excluding carboxylic acids is 3. The average Bonchev–Trinajstić information content (AvgIpc) is 2.55. The maximum absolute atomic E-state index is 12.2. The topological polar surface area (TPSA) is 188 Å². The lowest BCUT2D eigenvalue weighted by Crippen LogP contribution is -2.55. The van der Waals surface area contributed by atoms with E-state index in [0.29, 0.717) is 6.42 Å². The Morgan fingerprint density at radius 3 is 2.04 bits per heavy atom. The van der Waals surface area contributed by atoms with Gasteiger partial charge in [-0.3, -0.25) is 24.0 Å². The second-order valence-corrected chi connectivity index (χ2v) is 5.92. The Labute approximate surface area is 150 Å². The molecule has 0 aromatic heterocycles. The molecule has 7 N–H and O–H groups in total. The summed E-state index contributed by atoms with van der Waals surface area (Å²) in [6, 6.07) is -3.41. The molecule has 0 saturated heterocycles. The largest absolute Gasteiger partial charge is 0.481 e. The van der Waals surface area contributed by atoms with Crippen LogP contribution in [0.4, 0.5) is 0 Å². The molecule has 0 radical (unpaired) electrons. The number of carbonyl (C=O) groups is 5. The Bertz CT molecular complexity index is 552. The molecular weight excluding hydrogens is 348 g/mol. The van der Waals surface area contributed by atoms with E-state index in [1.54, 1.807) is 13.8 Å². The van der Waals surface area contributed by atoms with Gasteiger partial charge in [0.05, 0.1) is 19.0 Å². The molecule has 0 aromatic rings. The highest BCUT2D eigenvalue weighted by atomic mass is 16.4. The van der Waals surface area contributed by atoms with Crippen molar-refractivity contribution < 1.29 is 34.2 Å². The second kappa shape index (κ2) is 11.0. The van der Waals surface area contributed by atoms with E-state index >= 15 is 0 Å². The van der Waals surface area contributed by atoms with Crippen molar-refractivity contribution in [2.75, 3.05) is 6.54 Å². The van der Waals surface area contributed by atoms with Crippen LogP contribution < -0.4 is 21.7 Å². The summed E-state index contributed by atoms with van der Waals surface area (Å²) >= 11 is 0. The van der Waals surface area contributed by atoms with Crippen LogP contribution in [0.5, 0.6) is 0 Å². The van der Waals surface area contributed by atoms with Gasteiger partial charge in [0, 0.05) is 0 Å². The predicted molar refractivity (Wildman–Crippen MR) is 89.9 cm³/mol. The van der Waals surface area contributed by atoms with Crippen molar-refractivity contribution in [3.8, 4) is 0 Å². The van der Waals surface area contributed by atoms with Crippen LogP contribution >= 0.6 is 0 Å². The van der Waals surface area contributed by atoms with Crippen LogP contribution in [0, 0.1) is 5.92 Å². The van der Waals surface area contributed by atoms with Crippen LogP contribution in [0.15, 0.2) is 0 Å². The van der Waals surface area contributed by atoms with Gasteiger partial charge in [0.2, 0.25) is 17.7 Å². The van der Waals surface area contributed by atoms with Crippen molar-refractivity contribution in [1.82, 2.24) is 16.0 Å². The summed E-state index contributed by atoms with van der Waals surface area (Å²) in [5, 5.41) is 24.3. The van der Waals surface area contributed by atoms with Gasteiger partial charge in [0.1, 0.15) is 12.1 Å². The zero-order chi connectivity index (χ0) is 20.4. The fourth-order valence-electron chi connectivity index (χ4n) is 1.87. The van der Waals surface area contributed by atoms with Gasteiger partial charge < -0.3 is 31.9 Å². The number of hydrogen-bond acceptors (Lipinski definition) is 6. The molecule has 26 heavy (non-hydrogen) atoms. The first-order valence-electron chi connectivity index (χ1n) is 8.07. The fraction of sp³-hybridized carbons (Fsp3) is 0.667. The van der Waals surface area contributed by atoms with Crippen molar-refractivity contribution in [2.24, 2.45) is 11.7 Å². The van der Waals surface area contributed by atoms with Crippen LogP contribution in [0.2, 0.25) is 0 Å². The highest BCUT2D eigenvalue weighted by Gasteiger charge is 2.28. The third-order valence-corrected chi connectivity index (χ3v) is 3.70. The SMILES string of the molecule is CCC(C)C(NC(=O)CNC(=O)C(N)CC(=O)O)C(=O)NC(C)C(=O)O. The number of hydrogen-bond donors (Lipinski definition) is 6. The number of nitrogens with two attached hydrogens (primary N) is 1. The maximum atomic E-state index is 12.2. The third kappa shape index (κ3) is 8.42. The standard InChI is InChI=1S/C15H26N4O7/c1-4-7(2)12(14(24)18-8(3)15(25)26)19-10(20)6-17-13(23)9(16)5-11(21)22/h7-9,12H,4-6,16H2,1-3H3,(H,17,23)(H,18,24)(H,19,20)(H,21,22)(H,25,26). The molecule has 0 aliphatic carbocycles. The molecule has 0 aliphatic heterocycles. The Kier molecular flexibility index (Phi) is 9.89. The van der Waals surface area contributed by atoms with E-state index in [2.05, 4.69) is 16.0 Å². The predicted octanol–water partition coefficient (Wildman–Crippen LogP) is -1.98. The number of rotatable bonds is 11. The molecule has 0 saturated carbocycles. The smallest absolute Gasteiger partial charge is 0.325 e. The quantitative estimate of drug-likeness (QED) is 0.240. The van der Waals surface area contributed by atoms with E-state index in [4.69, 9.17) is 15.9 Å². The number of carboxylic acid groups (broad SMARTS) is 2. The van der Waals surface area contributed by atoms with E-state index < -0.39 is 60.8 Å². The first kappa shape index (κ1) is 23.3. The lowest BCUT2D eigenvalue weighted by molar-refractivity contribution is -0.142. The average molecular weight is 374 g/mol. The van der Waals surface area contributed by atoms with Gasteiger partial charge in [-0.2, -0.15) is 0 Å². The fourth-order valence-corrected chi connectivity index (χ4v) is 1.87. The molecule has 0 fully saturated rings. The Morgan fingerprint density at radius 1 is 1.00 bits per heavy atom. The first-order valence-corrected chi connectivity index (χ1v) is 8.07. The van der Waals surface area contributed by atoms with Gasteiger partial charge in [-0.15, -0.1) is 0 Å². The molecule has 4 unspecified atom stereocenters. The highest BCUT2D eigenvalue weighted by molar-refractivity contribution is 5.93. The zero-order valence-electron chi connectivity index (χ0n) is 14.9. The number of amides is 3. The number of aliphatic carboxylic acids is 2. The summed E-state index contributed by atoms with van der Waals surface area (Å²) < 4.78 is 0. The van der Waals surface area contributed by atoms with E-state index in [9.17, 15) is 24.0 Å². The molecule has 0 heterocycles. The van der Waals surface area contributed by atoms with Gasteiger partial charge in [-0.05, 0) is 12.8 Å². The van der Waals surface area contributed by atoms with Crippen LogP contribution in [-0.2, 0) is 24.0 Å². The first-order chi connectivity index (χ1) is 12.0. The summed E-state index contributed by atoms with van der Waals surface area (Å²) in [6.45, 7) is 4.29.